The van der Waals surface area contributed by atoms with Gasteiger partial charge in [-0.1, -0.05) is 198 Å². The minimum absolute atomic E-state index is 0.0718. The van der Waals surface area contributed by atoms with Gasteiger partial charge in [-0.2, -0.15) is 0 Å². The van der Waals surface area contributed by atoms with Crippen LogP contribution in [-0.4, -0.2) is 46.9 Å². The molecule has 6 heteroatoms. The number of unbranched alkanes of at least 4 members (excludes halogenated alkanes) is 23. The van der Waals surface area contributed by atoms with Crippen molar-refractivity contribution in [3.05, 3.63) is 36.5 Å². The van der Waals surface area contributed by atoms with Gasteiger partial charge in [0.25, 0.3) is 0 Å². The second-order valence-electron chi connectivity index (χ2n) is 15.1. The average Bonchev–Trinajstić information content (AvgIpc) is 3.13. The van der Waals surface area contributed by atoms with Crippen molar-refractivity contribution in [2.45, 2.75) is 238 Å². The van der Waals surface area contributed by atoms with Crippen LogP contribution >= 0.6 is 0 Å². The van der Waals surface area contributed by atoms with Crippen molar-refractivity contribution in [1.82, 2.24) is 5.32 Å². The van der Waals surface area contributed by atoms with Crippen LogP contribution in [0.3, 0.4) is 0 Å². The molecule has 3 atom stereocenters. The normalized spacial score (nSPS) is 13.7. The molecule has 0 saturated heterocycles. The summed E-state index contributed by atoms with van der Waals surface area (Å²) in [5.41, 5.74) is 0. The number of aliphatic hydroxyl groups excluding tert-OH is 2. The topological polar surface area (TPSA) is 95.9 Å². The van der Waals surface area contributed by atoms with Crippen LogP contribution in [-0.2, 0) is 14.3 Å². The molecule has 0 aliphatic heterocycles. The lowest BCUT2D eigenvalue weighted by Crippen LogP contribution is -2.46. The van der Waals surface area contributed by atoms with E-state index in [1.165, 1.54) is 96.3 Å². The molecule has 3 unspecified atom stereocenters. The summed E-state index contributed by atoms with van der Waals surface area (Å²) < 4.78 is 5.88. The fourth-order valence-corrected chi connectivity index (χ4v) is 6.66. The molecule has 0 heterocycles. The van der Waals surface area contributed by atoms with E-state index in [4.69, 9.17) is 4.74 Å². The van der Waals surface area contributed by atoms with Crippen LogP contribution in [0.4, 0.5) is 0 Å². The van der Waals surface area contributed by atoms with Crippen molar-refractivity contribution in [1.29, 1.82) is 0 Å². The number of rotatable bonds is 39. The van der Waals surface area contributed by atoms with E-state index in [0.717, 1.165) is 77.0 Å². The summed E-state index contributed by atoms with van der Waals surface area (Å²) >= 11 is 0. The van der Waals surface area contributed by atoms with Gasteiger partial charge < -0.3 is 20.3 Å². The fraction of sp³-hybridized carbons (Fsp3) is 0.826. The van der Waals surface area contributed by atoms with E-state index in [9.17, 15) is 19.8 Å². The van der Waals surface area contributed by atoms with Crippen molar-refractivity contribution in [3.63, 3.8) is 0 Å². The molecule has 0 aromatic heterocycles. The Bertz CT molecular complexity index is 869. The zero-order valence-electron chi connectivity index (χ0n) is 34.4. The molecule has 0 aromatic carbocycles. The largest absolute Gasteiger partial charge is 0.462 e. The van der Waals surface area contributed by atoms with Crippen LogP contribution in [0.5, 0.6) is 0 Å². The van der Waals surface area contributed by atoms with Crippen molar-refractivity contribution >= 4 is 11.9 Å². The number of esters is 1. The Morgan fingerprint density at radius 3 is 1.56 bits per heavy atom. The van der Waals surface area contributed by atoms with Gasteiger partial charge in [-0.15, -0.1) is 0 Å². The molecule has 6 nitrogen and oxygen atoms in total. The van der Waals surface area contributed by atoms with Crippen molar-refractivity contribution in [3.8, 4) is 0 Å². The molecule has 52 heavy (non-hydrogen) atoms. The molecule has 0 aliphatic carbocycles. The SMILES string of the molecule is CC/C=C/C=C/C=C\CCCCCCCC(=O)OC(CCCCCCCCCCCCC)CC(=O)NC(CO)C(O)CCCCCCCCCCC. The van der Waals surface area contributed by atoms with E-state index in [0.29, 0.717) is 19.3 Å². The molecule has 0 bridgehead atoms. The molecule has 0 saturated carbocycles. The summed E-state index contributed by atoms with van der Waals surface area (Å²) in [7, 11) is 0. The summed E-state index contributed by atoms with van der Waals surface area (Å²) in [6.45, 7) is 6.31. The summed E-state index contributed by atoms with van der Waals surface area (Å²) in [5.74, 6) is -0.496. The Hall–Kier alpha value is -1.92. The first kappa shape index (κ1) is 50.1. The van der Waals surface area contributed by atoms with E-state index < -0.39 is 18.2 Å². The van der Waals surface area contributed by atoms with Gasteiger partial charge in [0.1, 0.15) is 6.10 Å². The highest BCUT2D eigenvalue weighted by Gasteiger charge is 2.24. The third-order valence-corrected chi connectivity index (χ3v) is 10.0. The van der Waals surface area contributed by atoms with Crippen LogP contribution < -0.4 is 5.32 Å². The van der Waals surface area contributed by atoms with Crippen molar-refractivity contribution < 1.29 is 24.5 Å². The Morgan fingerprint density at radius 2 is 1.04 bits per heavy atom. The molecule has 0 fully saturated rings. The molecule has 0 aromatic rings. The van der Waals surface area contributed by atoms with Crippen molar-refractivity contribution in [2.24, 2.45) is 0 Å². The number of allylic oxidation sites excluding steroid dienone is 6. The monoisotopic (exact) mass is 732 g/mol. The van der Waals surface area contributed by atoms with E-state index in [1.54, 1.807) is 0 Å². The van der Waals surface area contributed by atoms with Gasteiger partial charge in [0.15, 0.2) is 0 Å². The van der Waals surface area contributed by atoms with E-state index in [1.807, 2.05) is 0 Å². The van der Waals surface area contributed by atoms with Crippen LogP contribution in [0.1, 0.15) is 220 Å². The molecule has 0 spiro atoms. The molecule has 0 aliphatic rings. The third kappa shape index (κ3) is 35.1. The lowest BCUT2D eigenvalue weighted by molar-refractivity contribution is -0.151. The predicted octanol–water partition coefficient (Wildman–Crippen LogP) is 12.6. The smallest absolute Gasteiger partial charge is 0.306 e. The zero-order chi connectivity index (χ0) is 38.2. The van der Waals surface area contributed by atoms with Gasteiger partial charge in [0.2, 0.25) is 5.91 Å². The summed E-state index contributed by atoms with van der Waals surface area (Å²) in [6, 6.07) is -0.699. The number of hydrogen-bond acceptors (Lipinski definition) is 5. The van der Waals surface area contributed by atoms with E-state index >= 15 is 0 Å². The number of amides is 1. The standard InChI is InChI=1S/C46H85NO5/c1-4-7-10-13-16-19-21-22-24-27-30-33-36-39-46(51)52-42(37-34-31-28-26-23-20-17-14-11-8-5-2)40-45(50)47-43(41-48)44(49)38-35-32-29-25-18-15-12-9-6-3/h7,10,13,16,19,21,42-44,48-49H,4-6,8-9,11-12,14-15,17-18,20,22-41H2,1-3H3,(H,47,50)/b10-7+,16-13+,21-19-. The number of hydrogen-bond donors (Lipinski definition) is 3. The minimum atomic E-state index is -0.785. The van der Waals surface area contributed by atoms with Crippen LogP contribution in [0.25, 0.3) is 0 Å². The second-order valence-corrected chi connectivity index (χ2v) is 15.1. The Balaban J connectivity index is 4.61. The maximum Gasteiger partial charge on any atom is 0.306 e. The number of carbonyl (C=O) groups excluding carboxylic acids is 2. The minimum Gasteiger partial charge on any atom is -0.462 e. The van der Waals surface area contributed by atoms with E-state index in [-0.39, 0.29) is 24.9 Å². The quantitative estimate of drug-likeness (QED) is 0.0332. The highest BCUT2D eigenvalue weighted by molar-refractivity contribution is 5.77. The van der Waals surface area contributed by atoms with Crippen LogP contribution in [0.15, 0.2) is 36.5 Å². The lowest BCUT2D eigenvalue weighted by atomic mass is 10.0. The Morgan fingerprint density at radius 1 is 0.577 bits per heavy atom. The van der Waals surface area contributed by atoms with Crippen LogP contribution in [0, 0.1) is 0 Å². The van der Waals surface area contributed by atoms with Gasteiger partial charge in [0, 0.05) is 6.42 Å². The van der Waals surface area contributed by atoms with Gasteiger partial charge >= 0.3 is 5.97 Å². The second kappa shape index (κ2) is 40.3. The van der Waals surface area contributed by atoms with E-state index in [2.05, 4.69) is 62.5 Å². The predicted molar refractivity (Wildman–Crippen MR) is 222 cm³/mol. The number of aliphatic hydroxyl groups is 2. The summed E-state index contributed by atoms with van der Waals surface area (Å²) in [4.78, 5) is 25.9. The van der Waals surface area contributed by atoms with Gasteiger partial charge in [-0.05, 0) is 44.9 Å². The van der Waals surface area contributed by atoms with Gasteiger partial charge in [0.05, 0.1) is 25.2 Å². The van der Waals surface area contributed by atoms with Crippen molar-refractivity contribution in [2.75, 3.05) is 6.61 Å². The molecule has 0 radical (unpaired) electrons. The highest BCUT2D eigenvalue weighted by Crippen LogP contribution is 2.17. The average molecular weight is 732 g/mol. The van der Waals surface area contributed by atoms with Crippen LogP contribution in [0.2, 0.25) is 0 Å². The first-order chi connectivity index (χ1) is 25.5. The number of carbonyl (C=O) groups is 2. The molecule has 1 amide bonds. The molecule has 304 valence electrons. The zero-order valence-corrected chi connectivity index (χ0v) is 34.4. The molecule has 0 rings (SSSR count). The highest BCUT2D eigenvalue weighted by atomic mass is 16.5. The number of nitrogens with one attached hydrogen (secondary N) is 1. The maximum atomic E-state index is 13.1. The van der Waals surface area contributed by atoms with Gasteiger partial charge in [-0.25, -0.2) is 0 Å². The Kier molecular flexibility index (Phi) is 38.8. The Labute approximate surface area is 322 Å². The number of ether oxygens (including phenoxy) is 1. The first-order valence-electron chi connectivity index (χ1n) is 22.2. The molecular weight excluding hydrogens is 647 g/mol. The molecular formula is C46H85NO5. The summed E-state index contributed by atoms with van der Waals surface area (Å²) in [5, 5.41) is 23.5. The maximum absolute atomic E-state index is 13.1. The fourth-order valence-electron chi connectivity index (χ4n) is 6.66. The molecule has 3 N–H and O–H groups in total. The third-order valence-electron chi connectivity index (χ3n) is 10.0. The first-order valence-corrected chi connectivity index (χ1v) is 22.2. The lowest BCUT2D eigenvalue weighted by Gasteiger charge is -2.24. The van der Waals surface area contributed by atoms with Gasteiger partial charge in [-0.3, -0.25) is 9.59 Å². The summed E-state index contributed by atoms with van der Waals surface area (Å²) in [6.07, 6.45) is 44.9.